The SMILES string of the molecule is O=[13C](O)[13CH](Cl)Cl.[Na]. The van der Waals surface area contributed by atoms with E-state index in [9.17, 15) is 4.79 Å². The Bertz CT molecular complexity index is 64.7. The van der Waals surface area contributed by atoms with Crippen molar-refractivity contribution in [3.8, 4) is 0 Å². The summed E-state index contributed by atoms with van der Waals surface area (Å²) in [5.41, 5.74) is 0. The number of carbonyl (C=O) groups is 1. The van der Waals surface area contributed by atoms with Gasteiger partial charge in [-0.3, -0.25) is 0 Å². The third-order valence-corrected chi connectivity index (χ3v) is 0.560. The van der Waals surface area contributed by atoms with Crippen LogP contribution < -0.4 is 0 Å². The summed E-state index contributed by atoms with van der Waals surface area (Å²) in [6.45, 7) is 0. The van der Waals surface area contributed by atoms with Crippen LogP contribution in [0.15, 0.2) is 0 Å². The van der Waals surface area contributed by atoms with Gasteiger partial charge in [-0.15, -0.1) is 0 Å². The van der Waals surface area contributed by atoms with Gasteiger partial charge in [0.05, 0.1) is 0 Å². The predicted molar refractivity (Wildman–Crippen MR) is 28.9 cm³/mol. The van der Waals surface area contributed by atoms with Crippen molar-refractivity contribution in [3.05, 3.63) is 0 Å². The van der Waals surface area contributed by atoms with Gasteiger partial charge in [0.15, 0.2) is 0 Å². The van der Waals surface area contributed by atoms with Crippen LogP contribution in [0.3, 0.4) is 0 Å². The smallest absolute Gasteiger partial charge is 0.337 e. The van der Waals surface area contributed by atoms with Crippen molar-refractivity contribution in [3.63, 3.8) is 0 Å². The van der Waals surface area contributed by atoms with Gasteiger partial charge in [0, 0.05) is 29.6 Å². The molecule has 7 heavy (non-hydrogen) atoms. The Hall–Kier alpha value is 1.05. The van der Waals surface area contributed by atoms with Crippen molar-refractivity contribution in [1.82, 2.24) is 0 Å². The average Bonchev–Trinajstić information content (AvgIpc) is 1.36. The van der Waals surface area contributed by atoms with Gasteiger partial charge in [-0.05, 0) is 0 Å². The van der Waals surface area contributed by atoms with Crippen LogP contribution in [-0.4, -0.2) is 45.5 Å². The van der Waals surface area contributed by atoms with Crippen molar-refractivity contribution in [2.75, 3.05) is 0 Å². The van der Waals surface area contributed by atoms with Gasteiger partial charge in [0.2, 0.25) is 4.84 Å². The van der Waals surface area contributed by atoms with E-state index in [1.54, 1.807) is 0 Å². The summed E-state index contributed by atoms with van der Waals surface area (Å²) in [5, 5.41) is 7.73. The third kappa shape index (κ3) is 7.05. The molecule has 0 aromatic carbocycles. The first-order chi connectivity index (χ1) is 2.64. The van der Waals surface area contributed by atoms with Crippen molar-refractivity contribution < 1.29 is 9.90 Å². The van der Waals surface area contributed by atoms with Crippen LogP contribution in [0.4, 0.5) is 0 Å². The summed E-state index contributed by atoms with van der Waals surface area (Å²) in [6.07, 6.45) is 0. The first kappa shape index (κ1) is 10.9. The maximum absolute atomic E-state index is 9.44. The largest absolute Gasteiger partial charge is 0.479 e. The zero-order chi connectivity index (χ0) is 5.15. The number of hydrogen-bond acceptors (Lipinski definition) is 1. The number of halogens is 2. The van der Waals surface area contributed by atoms with Crippen molar-refractivity contribution in [1.29, 1.82) is 0 Å². The number of rotatable bonds is 1. The van der Waals surface area contributed by atoms with Gasteiger partial charge >= 0.3 is 5.97 Å². The van der Waals surface area contributed by atoms with Crippen LogP contribution in [0, 0.1) is 0 Å². The molecule has 0 saturated heterocycles. The molecule has 2 nitrogen and oxygen atoms in total. The van der Waals surface area contributed by atoms with Gasteiger partial charge in [-0.1, -0.05) is 23.2 Å². The fraction of sp³-hybridized carbons (Fsp3) is 0.500. The van der Waals surface area contributed by atoms with E-state index in [-0.39, 0.29) is 29.6 Å². The molecule has 5 heteroatoms. The van der Waals surface area contributed by atoms with Crippen molar-refractivity contribution in [2.45, 2.75) is 4.84 Å². The quantitative estimate of drug-likeness (QED) is 0.339. The zero-order valence-electron chi connectivity index (χ0n) is 3.69. The zero-order valence-corrected chi connectivity index (χ0v) is 7.20. The van der Waals surface area contributed by atoms with Gasteiger partial charge in [0.25, 0.3) is 0 Å². The Morgan fingerprint density at radius 2 is 1.71 bits per heavy atom. The maximum atomic E-state index is 9.44. The number of carboxylic acids is 1. The maximum Gasteiger partial charge on any atom is 0.337 e. The molecule has 0 aliphatic rings. The predicted octanol–water partition coefficient (Wildman–Crippen LogP) is 0.494. The van der Waals surface area contributed by atoms with E-state index in [1.165, 1.54) is 0 Å². The molecule has 0 amide bonds. The molecule has 1 radical (unpaired) electrons. The molecular weight excluding hydrogens is 152 g/mol. The van der Waals surface area contributed by atoms with E-state index in [1.807, 2.05) is 0 Å². The Balaban J connectivity index is 0. The second kappa shape index (κ2) is 5.19. The van der Waals surface area contributed by atoms with Crippen LogP contribution in [0.25, 0.3) is 0 Å². The van der Waals surface area contributed by atoms with Crippen LogP contribution in [0.1, 0.15) is 0 Å². The Labute approximate surface area is 73.1 Å². The van der Waals surface area contributed by atoms with Gasteiger partial charge in [0.1, 0.15) is 0 Å². The molecule has 0 heterocycles. The first-order valence-electron chi connectivity index (χ1n) is 1.15. The minimum Gasteiger partial charge on any atom is -0.479 e. The number of alkyl halides is 2. The standard InChI is InChI=1S/C2H2Cl2O2.Na/c3-1(4)2(5)6;/h1H,(H,5,6);/i1+1,2+1;. The summed E-state index contributed by atoms with van der Waals surface area (Å²) in [5.74, 6) is -1.21. The second-order valence-electron chi connectivity index (χ2n) is 0.639. The van der Waals surface area contributed by atoms with E-state index >= 15 is 0 Å². The monoisotopic (exact) mass is 153 g/mol. The van der Waals surface area contributed by atoms with Crippen molar-refractivity contribution >= 4 is 58.7 Å². The molecule has 0 spiro atoms. The number of carboxylic acid groups (broad SMARTS) is 1. The van der Waals surface area contributed by atoms with Crippen LogP contribution >= 0.6 is 23.2 Å². The van der Waals surface area contributed by atoms with Gasteiger partial charge in [-0.2, -0.15) is 0 Å². The van der Waals surface area contributed by atoms with E-state index in [0.29, 0.717) is 0 Å². The fourth-order valence-corrected chi connectivity index (χ4v) is 0. The molecule has 0 bridgehead atoms. The molecule has 0 aliphatic carbocycles. The molecule has 37 valence electrons. The molecule has 0 saturated carbocycles. The summed E-state index contributed by atoms with van der Waals surface area (Å²) >= 11 is 9.56. The molecule has 0 unspecified atom stereocenters. The third-order valence-electron chi connectivity index (χ3n) is 0.187. The minimum absolute atomic E-state index is 0. The van der Waals surface area contributed by atoms with Crippen LogP contribution in [-0.2, 0) is 4.79 Å². The summed E-state index contributed by atoms with van der Waals surface area (Å²) in [4.78, 5) is 8.15. The molecule has 0 rings (SSSR count). The van der Waals surface area contributed by atoms with Gasteiger partial charge < -0.3 is 5.11 Å². The molecule has 0 aromatic heterocycles. The summed E-state index contributed by atoms with van der Waals surface area (Å²) < 4.78 is 0. The van der Waals surface area contributed by atoms with E-state index in [2.05, 4.69) is 0 Å². The summed E-state index contributed by atoms with van der Waals surface area (Å²) in [7, 11) is 0. The molecule has 1 N–H and O–H groups in total. The molecule has 0 atom stereocenters. The topological polar surface area (TPSA) is 37.3 Å². The Kier molecular flexibility index (Phi) is 8.11. The average molecular weight is 154 g/mol. The van der Waals surface area contributed by atoms with E-state index < -0.39 is 10.8 Å². The molecular formula is C2H2Cl2NaO2. The van der Waals surface area contributed by atoms with Crippen LogP contribution in [0.2, 0.25) is 0 Å². The van der Waals surface area contributed by atoms with Crippen molar-refractivity contribution in [2.24, 2.45) is 0 Å². The molecule has 0 fully saturated rings. The Morgan fingerprint density at radius 1 is 1.57 bits per heavy atom. The normalized spacial score (nSPS) is 7.86. The first-order valence-corrected chi connectivity index (χ1v) is 2.03. The minimum atomic E-state index is -1.29. The summed E-state index contributed by atoms with van der Waals surface area (Å²) in [6, 6.07) is 0. The van der Waals surface area contributed by atoms with Gasteiger partial charge in [-0.25, -0.2) is 4.79 Å². The number of aliphatic carboxylic acids is 1. The van der Waals surface area contributed by atoms with E-state index in [4.69, 9.17) is 28.3 Å². The number of hydrogen-bond donors (Lipinski definition) is 1. The molecule has 0 aromatic rings. The second-order valence-corrected chi connectivity index (χ2v) is 1.74. The van der Waals surface area contributed by atoms with E-state index in [0.717, 1.165) is 0 Å². The Morgan fingerprint density at radius 3 is 1.71 bits per heavy atom. The fourth-order valence-electron chi connectivity index (χ4n) is 0. The molecule has 0 aliphatic heterocycles. The van der Waals surface area contributed by atoms with Crippen LogP contribution in [0.5, 0.6) is 0 Å².